The van der Waals surface area contributed by atoms with E-state index in [1.165, 1.54) is 0 Å². The molecule has 1 N–H and O–H groups in total. The minimum atomic E-state index is -0.136. The van der Waals surface area contributed by atoms with Gasteiger partial charge in [0.05, 0.1) is 0 Å². The van der Waals surface area contributed by atoms with Crippen molar-refractivity contribution >= 4 is 12.2 Å². The average molecular weight is 237 g/mol. The number of aromatic amines is 1. The first-order valence-corrected chi connectivity index (χ1v) is 5.27. The molecule has 0 saturated carbocycles. The molecule has 16 heavy (non-hydrogen) atoms. The fourth-order valence-corrected chi connectivity index (χ4v) is 1.55. The van der Waals surface area contributed by atoms with Crippen LogP contribution in [0.15, 0.2) is 27.5 Å². The van der Waals surface area contributed by atoms with Gasteiger partial charge in [0.1, 0.15) is 5.56 Å². The number of hydrogen-bond donors (Lipinski definition) is 1. The first kappa shape index (κ1) is 10.8. The predicted molar refractivity (Wildman–Crippen MR) is 61.8 cm³/mol. The lowest BCUT2D eigenvalue weighted by atomic mass is 10.2. The van der Waals surface area contributed by atoms with Crippen molar-refractivity contribution in [3.05, 3.63) is 33.5 Å². The van der Waals surface area contributed by atoms with Crippen LogP contribution in [0.3, 0.4) is 0 Å². The van der Waals surface area contributed by atoms with Gasteiger partial charge >= 0.3 is 0 Å². The molecule has 0 radical (unpaired) electrons. The molecule has 0 unspecified atom stereocenters. The predicted octanol–water partition coefficient (Wildman–Crippen LogP) is 2.14. The molecule has 6 heteroatoms. The van der Waals surface area contributed by atoms with E-state index in [9.17, 15) is 4.79 Å². The molecule has 0 bridgehead atoms. The fraction of sp³-hybridized carbons (Fsp3) is 0.300. The van der Waals surface area contributed by atoms with Crippen molar-refractivity contribution in [1.82, 2.24) is 14.8 Å². The molecular formula is C10H11N3O2S. The Morgan fingerprint density at radius 2 is 2.31 bits per heavy atom. The molecule has 0 spiro atoms. The fourth-order valence-electron chi connectivity index (χ4n) is 1.42. The molecule has 0 aromatic carbocycles. The average Bonchev–Trinajstić information content (AvgIpc) is 2.64. The van der Waals surface area contributed by atoms with E-state index in [1.54, 1.807) is 22.9 Å². The number of pyridine rings is 1. The van der Waals surface area contributed by atoms with Gasteiger partial charge in [-0.2, -0.15) is 0 Å². The second-order valence-corrected chi connectivity index (χ2v) is 4.02. The molecule has 84 valence electrons. The Balaban J connectivity index is 2.63. The third-order valence-corrected chi connectivity index (χ3v) is 2.37. The van der Waals surface area contributed by atoms with Crippen LogP contribution in [0.5, 0.6) is 0 Å². The van der Waals surface area contributed by atoms with Crippen LogP contribution in [0, 0.1) is 4.84 Å². The Morgan fingerprint density at radius 1 is 1.56 bits per heavy atom. The highest BCUT2D eigenvalue weighted by molar-refractivity contribution is 7.71. The van der Waals surface area contributed by atoms with Crippen molar-refractivity contribution in [1.29, 1.82) is 0 Å². The van der Waals surface area contributed by atoms with E-state index < -0.39 is 0 Å². The number of H-pyrrole nitrogens is 1. The molecule has 2 rings (SSSR count). The highest BCUT2D eigenvalue weighted by Gasteiger charge is 2.11. The molecule has 5 nitrogen and oxygen atoms in total. The third-order valence-electron chi connectivity index (χ3n) is 2.20. The van der Waals surface area contributed by atoms with E-state index >= 15 is 0 Å². The number of hydrogen-bond acceptors (Lipinski definition) is 4. The summed E-state index contributed by atoms with van der Waals surface area (Å²) in [7, 11) is 0. The number of nitrogens with one attached hydrogen (secondary N) is 1. The summed E-state index contributed by atoms with van der Waals surface area (Å²) < 4.78 is 6.73. The number of nitrogens with zero attached hydrogens (tertiary/aromatic N) is 2. The van der Waals surface area contributed by atoms with Crippen LogP contribution in [0.2, 0.25) is 0 Å². The molecule has 2 aromatic heterocycles. The summed E-state index contributed by atoms with van der Waals surface area (Å²) in [6, 6.07) is 3.54. The summed E-state index contributed by atoms with van der Waals surface area (Å²) in [5, 5.41) is 6.33. The van der Waals surface area contributed by atoms with Crippen molar-refractivity contribution in [3.8, 4) is 11.5 Å². The van der Waals surface area contributed by atoms with E-state index in [4.69, 9.17) is 16.6 Å². The Morgan fingerprint density at radius 3 is 2.88 bits per heavy atom. The topological polar surface area (TPSA) is 63.8 Å². The van der Waals surface area contributed by atoms with Gasteiger partial charge in [-0.25, -0.2) is 5.10 Å². The van der Waals surface area contributed by atoms with Gasteiger partial charge in [0.2, 0.25) is 0 Å². The highest BCUT2D eigenvalue weighted by Crippen LogP contribution is 2.12. The van der Waals surface area contributed by atoms with Gasteiger partial charge in [-0.15, -0.1) is 5.10 Å². The summed E-state index contributed by atoms with van der Waals surface area (Å²) in [6.07, 6.45) is 1.73. The number of aromatic nitrogens is 3. The SMILES string of the molecule is CC(C)n1cccc(-c2n[nH]c(=S)o2)c1=O. The van der Waals surface area contributed by atoms with Gasteiger partial charge < -0.3 is 8.98 Å². The lowest BCUT2D eigenvalue weighted by Crippen LogP contribution is -2.22. The smallest absolute Gasteiger partial charge is 0.284 e. The van der Waals surface area contributed by atoms with Crippen molar-refractivity contribution in [3.63, 3.8) is 0 Å². The molecule has 0 saturated heterocycles. The van der Waals surface area contributed by atoms with E-state index in [0.717, 1.165) is 0 Å². The molecular weight excluding hydrogens is 226 g/mol. The maximum atomic E-state index is 12.0. The highest BCUT2D eigenvalue weighted by atomic mass is 32.1. The maximum Gasteiger partial charge on any atom is 0.284 e. The lowest BCUT2D eigenvalue weighted by molar-refractivity contribution is 0.544. The first-order chi connectivity index (χ1) is 7.59. The number of rotatable bonds is 2. The monoisotopic (exact) mass is 237 g/mol. The Kier molecular flexibility index (Phi) is 2.74. The van der Waals surface area contributed by atoms with Crippen LogP contribution in [-0.2, 0) is 0 Å². The maximum absolute atomic E-state index is 12.0. The minimum absolute atomic E-state index is 0.0920. The molecule has 0 amide bonds. The first-order valence-electron chi connectivity index (χ1n) is 4.86. The van der Waals surface area contributed by atoms with Crippen LogP contribution in [0.1, 0.15) is 19.9 Å². The summed E-state index contributed by atoms with van der Waals surface area (Å²) in [4.78, 5) is 12.2. The molecule has 0 aliphatic heterocycles. The Bertz CT molecular complexity index is 609. The Labute approximate surface area is 96.7 Å². The van der Waals surface area contributed by atoms with E-state index in [1.807, 2.05) is 13.8 Å². The standard InChI is InChI=1S/C10H11N3O2S/c1-6(2)13-5-3-4-7(9(13)14)8-11-12-10(16)15-8/h3-6H,1-2H3,(H,12,16). The zero-order chi connectivity index (χ0) is 11.7. The molecule has 0 aliphatic rings. The molecule has 0 fully saturated rings. The van der Waals surface area contributed by atoms with Crippen LogP contribution in [0.4, 0.5) is 0 Å². The van der Waals surface area contributed by atoms with Crippen LogP contribution in [-0.4, -0.2) is 14.8 Å². The zero-order valence-electron chi connectivity index (χ0n) is 8.93. The minimum Gasteiger partial charge on any atom is -0.409 e. The summed E-state index contributed by atoms with van der Waals surface area (Å²) in [5.74, 6) is 0.227. The zero-order valence-corrected chi connectivity index (χ0v) is 9.75. The normalized spacial score (nSPS) is 10.9. The second kappa shape index (κ2) is 4.05. The van der Waals surface area contributed by atoms with Crippen LogP contribution < -0.4 is 5.56 Å². The van der Waals surface area contributed by atoms with E-state index in [0.29, 0.717) is 5.56 Å². The van der Waals surface area contributed by atoms with Crippen molar-refractivity contribution in [2.75, 3.05) is 0 Å². The van der Waals surface area contributed by atoms with Gasteiger partial charge in [-0.05, 0) is 38.2 Å². The van der Waals surface area contributed by atoms with Crippen molar-refractivity contribution < 1.29 is 4.42 Å². The van der Waals surface area contributed by atoms with Gasteiger partial charge in [0, 0.05) is 12.2 Å². The van der Waals surface area contributed by atoms with E-state index in [2.05, 4.69) is 10.2 Å². The second-order valence-electron chi connectivity index (χ2n) is 3.65. The van der Waals surface area contributed by atoms with Crippen LogP contribution in [0.25, 0.3) is 11.5 Å². The van der Waals surface area contributed by atoms with Crippen molar-refractivity contribution in [2.45, 2.75) is 19.9 Å². The summed E-state index contributed by atoms with van der Waals surface area (Å²) >= 11 is 4.77. The van der Waals surface area contributed by atoms with Gasteiger partial charge in [-0.1, -0.05) is 0 Å². The quantitative estimate of drug-likeness (QED) is 0.813. The lowest BCUT2D eigenvalue weighted by Gasteiger charge is -2.09. The molecule has 0 atom stereocenters. The Hall–Kier alpha value is -1.69. The summed E-state index contributed by atoms with van der Waals surface area (Å²) in [5.41, 5.74) is 0.270. The van der Waals surface area contributed by atoms with Gasteiger partial charge in [0.15, 0.2) is 0 Å². The molecule has 0 aliphatic carbocycles. The summed E-state index contributed by atoms with van der Waals surface area (Å²) in [6.45, 7) is 3.87. The van der Waals surface area contributed by atoms with Gasteiger partial charge in [-0.3, -0.25) is 4.79 Å². The van der Waals surface area contributed by atoms with Gasteiger partial charge in [0.25, 0.3) is 16.3 Å². The van der Waals surface area contributed by atoms with Crippen LogP contribution >= 0.6 is 12.2 Å². The third kappa shape index (κ3) is 1.83. The van der Waals surface area contributed by atoms with E-state index in [-0.39, 0.29) is 22.3 Å². The van der Waals surface area contributed by atoms with Crippen molar-refractivity contribution in [2.24, 2.45) is 0 Å². The molecule has 2 heterocycles. The molecule has 2 aromatic rings. The largest absolute Gasteiger partial charge is 0.409 e.